The number of hydrogen-bond acceptors (Lipinski definition) is 3. The van der Waals surface area contributed by atoms with Gasteiger partial charge < -0.3 is 5.32 Å². The second kappa shape index (κ2) is 4.99. The molecule has 0 unspecified atom stereocenters. The zero-order valence-corrected chi connectivity index (χ0v) is 10.7. The average Bonchev–Trinajstić information content (AvgIpc) is 2.40. The maximum atomic E-state index is 11.5. The topological polar surface area (TPSA) is 64.9 Å². The molecule has 0 saturated carbocycles. The van der Waals surface area contributed by atoms with Gasteiger partial charge in [-0.2, -0.15) is 5.26 Å². The monoisotopic (exact) mass is 237 g/mol. The first-order valence-corrected chi connectivity index (χ1v) is 5.85. The first-order valence-electron chi connectivity index (χ1n) is 5.03. The molecule has 2 N–H and O–H groups in total. The summed E-state index contributed by atoms with van der Waals surface area (Å²) in [7, 11) is 0. The number of rotatable bonds is 2. The van der Waals surface area contributed by atoms with Gasteiger partial charge >= 0.3 is 6.03 Å². The molecule has 0 fully saturated rings. The predicted octanol–water partition coefficient (Wildman–Crippen LogP) is 2.77. The van der Waals surface area contributed by atoms with Gasteiger partial charge in [0.25, 0.3) is 0 Å². The van der Waals surface area contributed by atoms with Gasteiger partial charge in [-0.1, -0.05) is 0 Å². The molecule has 1 aromatic heterocycles. The summed E-state index contributed by atoms with van der Waals surface area (Å²) in [5.74, 6) is 0. The van der Waals surface area contributed by atoms with Gasteiger partial charge in [0.05, 0.1) is 5.56 Å². The highest BCUT2D eigenvalue weighted by molar-refractivity contribution is 7.16. The molecule has 0 radical (unpaired) electrons. The summed E-state index contributed by atoms with van der Waals surface area (Å²) < 4.78 is 0. The molecule has 0 atom stereocenters. The maximum Gasteiger partial charge on any atom is 0.320 e. The van der Waals surface area contributed by atoms with Gasteiger partial charge in [-0.25, -0.2) is 4.79 Å². The van der Waals surface area contributed by atoms with Crippen LogP contribution in [0.3, 0.4) is 0 Å². The molecule has 1 aromatic rings. The number of amides is 2. The number of carbonyl (C=O) groups excluding carboxylic acids is 1. The Bertz CT molecular complexity index is 443. The fourth-order valence-corrected chi connectivity index (χ4v) is 2.26. The summed E-state index contributed by atoms with van der Waals surface area (Å²) in [4.78, 5) is 12.5. The van der Waals surface area contributed by atoms with Gasteiger partial charge in [-0.3, -0.25) is 5.32 Å². The van der Waals surface area contributed by atoms with E-state index in [4.69, 9.17) is 5.26 Å². The molecule has 5 heteroatoms. The lowest BCUT2D eigenvalue weighted by molar-refractivity contribution is 0.250. The van der Waals surface area contributed by atoms with Crippen LogP contribution < -0.4 is 10.6 Å². The number of nitrogens with zero attached hydrogens (tertiary/aromatic N) is 1. The quantitative estimate of drug-likeness (QED) is 0.830. The fraction of sp³-hybridized carbons (Fsp3) is 0.455. The molecule has 0 aromatic carbocycles. The number of urea groups is 1. The minimum Gasteiger partial charge on any atom is -0.336 e. The van der Waals surface area contributed by atoms with Crippen LogP contribution in [-0.4, -0.2) is 12.1 Å². The van der Waals surface area contributed by atoms with E-state index in [1.165, 1.54) is 11.3 Å². The zero-order chi connectivity index (χ0) is 12.3. The Morgan fingerprint density at radius 2 is 2.06 bits per heavy atom. The van der Waals surface area contributed by atoms with Crippen molar-refractivity contribution in [1.82, 2.24) is 5.32 Å². The van der Waals surface area contributed by atoms with Crippen LogP contribution in [0.15, 0.2) is 0 Å². The van der Waals surface area contributed by atoms with E-state index in [1.807, 2.05) is 27.7 Å². The second-order valence-corrected chi connectivity index (χ2v) is 5.08. The molecule has 1 rings (SSSR count). The molecule has 86 valence electrons. The molecular formula is C11H15N3OS. The van der Waals surface area contributed by atoms with E-state index in [-0.39, 0.29) is 12.1 Å². The number of carbonyl (C=O) groups is 1. The van der Waals surface area contributed by atoms with Crippen LogP contribution in [0.4, 0.5) is 9.80 Å². The average molecular weight is 237 g/mol. The van der Waals surface area contributed by atoms with Crippen LogP contribution in [0.1, 0.15) is 29.9 Å². The van der Waals surface area contributed by atoms with Gasteiger partial charge in [0.1, 0.15) is 11.1 Å². The molecule has 1 heterocycles. The smallest absolute Gasteiger partial charge is 0.320 e. The Kier molecular flexibility index (Phi) is 3.91. The Balaban J connectivity index is 2.86. The van der Waals surface area contributed by atoms with Crippen LogP contribution in [0, 0.1) is 25.2 Å². The molecule has 0 saturated heterocycles. The van der Waals surface area contributed by atoms with Gasteiger partial charge in [0.15, 0.2) is 0 Å². The molecule has 0 aliphatic heterocycles. The van der Waals surface area contributed by atoms with Crippen LogP contribution in [0.2, 0.25) is 0 Å². The Labute approximate surface area is 99.3 Å². The molecule has 0 spiro atoms. The third-order valence-electron chi connectivity index (χ3n) is 2.14. The first kappa shape index (κ1) is 12.5. The van der Waals surface area contributed by atoms with Crippen molar-refractivity contribution in [3.05, 3.63) is 16.0 Å². The minimum absolute atomic E-state index is 0.0766. The molecule has 0 aliphatic carbocycles. The lowest BCUT2D eigenvalue weighted by Gasteiger charge is -2.08. The van der Waals surface area contributed by atoms with Crippen LogP contribution in [0.5, 0.6) is 0 Å². The first-order chi connectivity index (χ1) is 7.45. The molecule has 0 bridgehead atoms. The number of aryl methyl sites for hydroxylation is 1. The Morgan fingerprint density at radius 1 is 1.44 bits per heavy atom. The van der Waals surface area contributed by atoms with E-state index < -0.39 is 0 Å². The van der Waals surface area contributed by atoms with Crippen LogP contribution in [-0.2, 0) is 0 Å². The van der Waals surface area contributed by atoms with Gasteiger partial charge in [0, 0.05) is 10.9 Å². The van der Waals surface area contributed by atoms with E-state index in [9.17, 15) is 4.79 Å². The predicted molar refractivity (Wildman–Crippen MR) is 65.8 cm³/mol. The number of hydrogen-bond donors (Lipinski definition) is 2. The third-order valence-corrected chi connectivity index (χ3v) is 3.27. The summed E-state index contributed by atoms with van der Waals surface area (Å²) in [5, 5.41) is 15.0. The fourth-order valence-electron chi connectivity index (χ4n) is 1.25. The Morgan fingerprint density at radius 3 is 2.56 bits per heavy atom. The van der Waals surface area contributed by atoms with Crippen molar-refractivity contribution < 1.29 is 4.79 Å². The van der Waals surface area contributed by atoms with Crippen LogP contribution >= 0.6 is 11.3 Å². The van der Waals surface area contributed by atoms with Crippen molar-refractivity contribution in [2.24, 2.45) is 0 Å². The largest absolute Gasteiger partial charge is 0.336 e. The van der Waals surface area contributed by atoms with E-state index in [1.54, 1.807) is 0 Å². The molecular weight excluding hydrogens is 222 g/mol. The van der Waals surface area contributed by atoms with Crippen molar-refractivity contribution in [2.75, 3.05) is 5.32 Å². The summed E-state index contributed by atoms with van der Waals surface area (Å²) in [6.45, 7) is 7.59. The number of nitriles is 1. The molecule has 16 heavy (non-hydrogen) atoms. The van der Waals surface area contributed by atoms with Crippen molar-refractivity contribution in [3.63, 3.8) is 0 Å². The van der Waals surface area contributed by atoms with Crippen molar-refractivity contribution in [3.8, 4) is 6.07 Å². The van der Waals surface area contributed by atoms with E-state index in [0.717, 1.165) is 10.4 Å². The highest BCUT2D eigenvalue weighted by atomic mass is 32.1. The lowest BCUT2D eigenvalue weighted by atomic mass is 10.2. The van der Waals surface area contributed by atoms with Gasteiger partial charge in [0.2, 0.25) is 0 Å². The SMILES string of the molecule is Cc1sc(NC(=O)NC(C)C)c(C#N)c1C. The number of anilines is 1. The van der Waals surface area contributed by atoms with Crippen molar-refractivity contribution in [2.45, 2.75) is 33.7 Å². The van der Waals surface area contributed by atoms with E-state index >= 15 is 0 Å². The molecule has 4 nitrogen and oxygen atoms in total. The van der Waals surface area contributed by atoms with Crippen molar-refractivity contribution >= 4 is 22.4 Å². The number of thiophene rings is 1. The second-order valence-electron chi connectivity index (χ2n) is 3.85. The summed E-state index contributed by atoms with van der Waals surface area (Å²) in [6.07, 6.45) is 0. The highest BCUT2D eigenvalue weighted by Crippen LogP contribution is 2.31. The number of nitrogens with one attached hydrogen (secondary N) is 2. The summed E-state index contributed by atoms with van der Waals surface area (Å²) >= 11 is 1.43. The summed E-state index contributed by atoms with van der Waals surface area (Å²) in [5.41, 5.74) is 1.49. The lowest BCUT2D eigenvalue weighted by Crippen LogP contribution is -2.34. The third kappa shape index (κ3) is 2.74. The van der Waals surface area contributed by atoms with Crippen LogP contribution in [0.25, 0.3) is 0 Å². The van der Waals surface area contributed by atoms with Gasteiger partial charge in [-0.15, -0.1) is 11.3 Å². The molecule has 0 aliphatic rings. The van der Waals surface area contributed by atoms with E-state index in [0.29, 0.717) is 10.6 Å². The zero-order valence-electron chi connectivity index (χ0n) is 9.84. The van der Waals surface area contributed by atoms with E-state index in [2.05, 4.69) is 16.7 Å². The van der Waals surface area contributed by atoms with Gasteiger partial charge in [-0.05, 0) is 33.3 Å². The standard InChI is InChI=1S/C11H15N3OS/c1-6(2)13-11(15)14-10-9(5-12)7(3)8(4)16-10/h6H,1-4H3,(H2,13,14,15). The minimum atomic E-state index is -0.271. The maximum absolute atomic E-state index is 11.5. The molecule has 2 amide bonds. The summed E-state index contributed by atoms with van der Waals surface area (Å²) in [6, 6.07) is 1.92. The Hall–Kier alpha value is -1.54. The highest BCUT2D eigenvalue weighted by Gasteiger charge is 2.14. The normalized spacial score (nSPS) is 10.0. The van der Waals surface area contributed by atoms with Crippen molar-refractivity contribution in [1.29, 1.82) is 5.26 Å².